The van der Waals surface area contributed by atoms with Gasteiger partial charge in [0.05, 0.1) is 0 Å². The number of hydrogen-bond acceptors (Lipinski definition) is 3. The molecule has 110 valence electrons. The number of hydrogen-bond donors (Lipinski definition) is 3. The van der Waals surface area contributed by atoms with Crippen molar-refractivity contribution in [2.24, 2.45) is 5.92 Å². The second-order valence-corrected chi connectivity index (χ2v) is 4.61. The zero-order chi connectivity index (χ0) is 14.8. The maximum atomic E-state index is 12.0. The van der Waals surface area contributed by atoms with E-state index in [2.05, 4.69) is 5.32 Å². The van der Waals surface area contributed by atoms with Gasteiger partial charge in [-0.15, -0.1) is 0 Å². The third kappa shape index (κ3) is 7.43. The van der Waals surface area contributed by atoms with Gasteiger partial charge in [-0.25, -0.2) is 4.79 Å². The molecule has 0 heterocycles. The molecule has 0 saturated carbocycles. The first-order valence-corrected chi connectivity index (χ1v) is 6.67. The van der Waals surface area contributed by atoms with E-state index < -0.39 is 18.0 Å². The van der Waals surface area contributed by atoms with Crippen LogP contribution in [0, 0.1) is 5.92 Å². The Bertz CT molecular complexity index is 310. The number of carboxylic acid groups (broad SMARTS) is 2. The molecule has 0 aromatic heterocycles. The molecular weight excluding hydrogens is 250 g/mol. The summed E-state index contributed by atoms with van der Waals surface area (Å²) in [5.74, 6) is -2.75. The number of aliphatic carboxylic acids is 2. The largest absolute Gasteiger partial charge is 0.481 e. The summed E-state index contributed by atoms with van der Waals surface area (Å²) >= 11 is 0. The van der Waals surface area contributed by atoms with Crippen molar-refractivity contribution in [2.75, 3.05) is 0 Å². The molecule has 0 aliphatic carbocycles. The molecule has 0 bridgehead atoms. The van der Waals surface area contributed by atoms with Crippen LogP contribution in [0.3, 0.4) is 0 Å². The predicted octanol–water partition coefficient (Wildman–Crippen LogP) is 1.64. The molecule has 0 saturated heterocycles. The topological polar surface area (TPSA) is 104 Å². The van der Waals surface area contributed by atoms with Gasteiger partial charge in [-0.3, -0.25) is 9.59 Å². The van der Waals surface area contributed by atoms with Crippen LogP contribution in [0.1, 0.15) is 52.4 Å². The minimum atomic E-state index is -1.19. The van der Waals surface area contributed by atoms with Crippen LogP contribution in [-0.2, 0) is 14.4 Å². The lowest BCUT2D eigenvalue weighted by molar-refractivity contribution is -0.143. The zero-order valence-corrected chi connectivity index (χ0v) is 11.5. The van der Waals surface area contributed by atoms with E-state index in [1.165, 1.54) is 0 Å². The van der Waals surface area contributed by atoms with Crippen LogP contribution in [0.5, 0.6) is 0 Å². The molecule has 0 aliphatic rings. The molecule has 0 aromatic carbocycles. The summed E-state index contributed by atoms with van der Waals surface area (Å²) in [5, 5.41) is 20.0. The summed E-state index contributed by atoms with van der Waals surface area (Å²) in [4.78, 5) is 33.4. The molecule has 0 fully saturated rings. The average molecular weight is 273 g/mol. The summed E-state index contributed by atoms with van der Waals surface area (Å²) in [6.45, 7) is 3.93. The lowest BCUT2D eigenvalue weighted by Gasteiger charge is -2.19. The van der Waals surface area contributed by atoms with Crippen LogP contribution in [-0.4, -0.2) is 34.1 Å². The van der Waals surface area contributed by atoms with E-state index in [4.69, 9.17) is 10.2 Å². The normalized spacial score (nSPS) is 12.2. The molecule has 3 N–H and O–H groups in total. The first-order chi connectivity index (χ1) is 8.92. The van der Waals surface area contributed by atoms with E-state index >= 15 is 0 Å². The molecule has 0 rings (SSSR count). The Morgan fingerprint density at radius 3 is 1.89 bits per heavy atom. The van der Waals surface area contributed by atoms with E-state index in [0.717, 1.165) is 12.8 Å². The van der Waals surface area contributed by atoms with Crippen LogP contribution in [0.15, 0.2) is 0 Å². The van der Waals surface area contributed by atoms with Crippen LogP contribution in [0.4, 0.5) is 0 Å². The number of carbonyl (C=O) groups excluding carboxylic acids is 1. The molecule has 0 aliphatic heterocycles. The smallest absolute Gasteiger partial charge is 0.326 e. The van der Waals surface area contributed by atoms with Gasteiger partial charge < -0.3 is 15.5 Å². The van der Waals surface area contributed by atoms with E-state index in [1.807, 2.05) is 13.8 Å². The van der Waals surface area contributed by atoms with Gasteiger partial charge in [0, 0.05) is 12.3 Å². The van der Waals surface area contributed by atoms with E-state index in [1.54, 1.807) is 0 Å². The number of rotatable bonds is 10. The molecule has 0 aromatic rings. The quantitative estimate of drug-likeness (QED) is 0.561. The van der Waals surface area contributed by atoms with Gasteiger partial charge in [-0.2, -0.15) is 0 Å². The van der Waals surface area contributed by atoms with Crippen molar-refractivity contribution in [2.45, 2.75) is 58.4 Å². The van der Waals surface area contributed by atoms with Crippen LogP contribution in [0.2, 0.25) is 0 Å². The molecule has 19 heavy (non-hydrogen) atoms. The Balaban J connectivity index is 4.49. The second-order valence-electron chi connectivity index (χ2n) is 4.61. The summed E-state index contributed by atoms with van der Waals surface area (Å²) in [5.41, 5.74) is 0. The predicted molar refractivity (Wildman–Crippen MR) is 69.7 cm³/mol. The Labute approximate surface area is 113 Å². The molecule has 1 amide bonds. The van der Waals surface area contributed by atoms with Gasteiger partial charge in [-0.1, -0.05) is 26.7 Å². The highest BCUT2D eigenvalue weighted by Crippen LogP contribution is 2.14. The molecule has 0 radical (unpaired) electrons. The number of amides is 1. The van der Waals surface area contributed by atoms with E-state index in [0.29, 0.717) is 12.8 Å². The fraction of sp³-hybridized carbons (Fsp3) is 0.769. The minimum Gasteiger partial charge on any atom is -0.481 e. The number of nitrogens with one attached hydrogen (secondary N) is 1. The van der Waals surface area contributed by atoms with Crippen molar-refractivity contribution < 1.29 is 24.6 Å². The maximum Gasteiger partial charge on any atom is 0.326 e. The first kappa shape index (κ1) is 17.4. The fourth-order valence-electron chi connectivity index (χ4n) is 1.92. The van der Waals surface area contributed by atoms with Gasteiger partial charge in [0.15, 0.2) is 0 Å². The fourth-order valence-corrected chi connectivity index (χ4v) is 1.92. The van der Waals surface area contributed by atoms with Gasteiger partial charge in [-0.05, 0) is 19.3 Å². The Morgan fingerprint density at radius 1 is 1.00 bits per heavy atom. The van der Waals surface area contributed by atoms with Crippen molar-refractivity contribution in [3.05, 3.63) is 0 Å². The molecule has 6 nitrogen and oxygen atoms in total. The Hall–Kier alpha value is -1.59. The van der Waals surface area contributed by atoms with E-state index in [9.17, 15) is 14.4 Å². The summed E-state index contributed by atoms with van der Waals surface area (Å²) < 4.78 is 0. The highest BCUT2D eigenvalue weighted by molar-refractivity contribution is 5.85. The molecule has 1 unspecified atom stereocenters. The molecule has 1 atom stereocenters. The third-order valence-electron chi connectivity index (χ3n) is 2.91. The van der Waals surface area contributed by atoms with Crippen molar-refractivity contribution in [1.82, 2.24) is 5.32 Å². The molecule has 6 heteroatoms. The highest BCUT2D eigenvalue weighted by Gasteiger charge is 2.24. The van der Waals surface area contributed by atoms with Gasteiger partial charge in [0.2, 0.25) is 5.91 Å². The second kappa shape index (κ2) is 9.35. The summed E-state index contributed by atoms with van der Waals surface area (Å²) in [7, 11) is 0. The Morgan fingerprint density at radius 2 is 1.53 bits per heavy atom. The minimum absolute atomic E-state index is 0.0959. The van der Waals surface area contributed by atoms with Crippen molar-refractivity contribution in [3.63, 3.8) is 0 Å². The Kier molecular flexibility index (Phi) is 8.57. The lowest BCUT2D eigenvalue weighted by atomic mass is 9.96. The average Bonchev–Trinajstić information content (AvgIpc) is 2.33. The van der Waals surface area contributed by atoms with Crippen molar-refractivity contribution in [3.8, 4) is 0 Å². The number of carbonyl (C=O) groups is 3. The SMILES string of the molecule is CCCC(CCC)C(=O)NC(CCC(=O)O)C(=O)O. The lowest BCUT2D eigenvalue weighted by Crippen LogP contribution is -2.43. The first-order valence-electron chi connectivity index (χ1n) is 6.67. The van der Waals surface area contributed by atoms with Crippen LogP contribution in [0.25, 0.3) is 0 Å². The van der Waals surface area contributed by atoms with Crippen molar-refractivity contribution in [1.29, 1.82) is 0 Å². The van der Waals surface area contributed by atoms with Crippen molar-refractivity contribution >= 4 is 17.8 Å². The van der Waals surface area contributed by atoms with Crippen LogP contribution < -0.4 is 5.32 Å². The maximum absolute atomic E-state index is 12.0. The number of carboxylic acids is 2. The van der Waals surface area contributed by atoms with Gasteiger partial charge >= 0.3 is 11.9 Å². The third-order valence-corrected chi connectivity index (χ3v) is 2.91. The van der Waals surface area contributed by atoms with Crippen LogP contribution >= 0.6 is 0 Å². The van der Waals surface area contributed by atoms with Gasteiger partial charge in [0.1, 0.15) is 6.04 Å². The molecule has 0 spiro atoms. The van der Waals surface area contributed by atoms with E-state index in [-0.39, 0.29) is 24.7 Å². The van der Waals surface area contributed by atoms with Gasteiger partial charge in [0.25, 0.3) is 0 Å². The molecular formula is C13H23NO5. The summed E-state index contributed by atoms with van der Waals surface area (Å²) in [6.07, 6.45) is 2.76. The highest BCUT2D eigenvalue weighted by atomic mass is 16.4. The standard InChI is InChI=1S/C13H23NO5/c1-3-5-9(6-4-2)12(17)14-10(13(18)19)7-8-11(15)16/h9-10H,3-8H2,1-2H3,(H,14,17)(H,15,16)(H,18,19). The summed E-state index contributed by atoms with van der Waals surface area (Å²) in [6, 6.07) is -1.13. The monoisotopic (exact) mass is 273 g/mol. The zero-order valence-electron chi connectivity index (χ0n) is 11.5.